The standard InChI is InChI=1S/C14H21N3O/c1-9-2-4-11(5-3-9)13(16)14(18)17-12(8-15)10-6-7-10/h2-5,10,12-13H,6-8,15-16H2,1H3,(H,17,18). The number of hydrogen-bond acceptors (Lipinski definition) is 3. The van der Waals surface area contributed by atoms with E-state index in [-0.39, 0.29) is 11.9 Å². The first-order valence-electron chi connectivity index (χ1n) is 6.44. The number of nitrogens with two attached hydrogens (primary N) is 2. The van der Waals surface area contributed by atoms with Crippen LogP contribution in [-0.2, 0) is 4.79 Å². The molecule has 1 saturated carbocycles. The smallest absolute Gasteiger partial charge is 0.241 e. The highest BCUT2D eigenvalue weighted by Gasteiger charge is 2.32. The minimum Gasteiger partial charge on any atom is -0.350 e. The molecule has 1 fully saturated rings. The molecular weight excluding hydrogens is 226 g/mol. The lowest BCUT2D eigenvalue weighted by Crippen LogP contribution is -2.45. The maximum atomic E-state index is 12.0. The quantitative estimate of drug-likeness (QED) is 0.721. The summed E-state index contributed by atoms with van der Waals surface area (Å²) >= 11 is 0. The summed E-state index contributed by atoms with van der Waals surface area (Å²) in [5.41, 5.74) is 13.6. The molecule has 0 aromatic heterocycles. The zero-order chi connectivity index (χ0) is 13.1. The van der Waals surface area contributed by atoms with Gasteiger partial charge < -0.3 is 16.8 Å². The minimum absolute atomic E-state index is 0.0778. The summed E-state index contributed by atoms with van der Waals surface area (Å²) in [5.74, 6) is 0.408. The van der Waals surface area contributed by atoms with Crippen molar-refractivity contribution in [3.8, 4) is 0 Å². The van der Waals surface area contributed by atoms with Crippen LogP contribution in [0.4, 0.5) is 0 Å². The molecule has 0 bridgehead atoms. The number of carbonyl (C=O) groups excluding carboxylic acids is 1. The molecule has 1 aromatic rings. The molecule has 1 aliphatic rings. The maximum absolute atomic E-state index is 12.0. The number of benzene rings is 1. The van der Waals surface area contributed by atoms with Gasteiger partial charge in [-0.25, -0.2) is 0 Å². The fourth-order valence-corrected chi connectivity index (χ4v) is 2.07. The summed E-state index contributed by atoms with van der Waals surface area (Å²) < 4.78 is 0. The average molecular weight is 247 g/mol. The highest BCUT2D eigenvalue weighted by atomic mass is 16.2. The third-order valence-corrected chi connectivity index (χ3v) is 3.49. The molecule has 0 heterocycles. The van der Waals surface area contributed by atoms with Crippen molar-refractivity contribution in [1.29, 1.82) is 0 Å². The van der Waals surface area contributed by atoms with E-state index in [0.717, 1.165) is 24.0 Å². The second kappa shape index (κ2) is 5.50. The summed E-state index contributed by atoms with van der Waals surface area (Å²) in [4.78, 5) is 12.0. The zero-order valence-electron chi connectivity index (χ0n) is 10.7. The van der Waals surface area contributed by atoms with Gasteiger partial charge in [0.1, 0.15) is 6.04 Å². The Morgan fingerprint density at radius 1 is 1.39 bits per heavy atom. The number of carbonyl (C=O) groups is 1. The van der Waals surface area contributed by atoms with Crippen LogP contribution in [0, 0.1) is 12.8 Å². The largest absolute Gasteiger partial charge is 0.350 e. The van der Waals surface area contributed by atoms with E-state index in [1.165, 1.54) is 0 Å². The topological polar surface area (TPSA) is 81.1 Å². The van der Waals surface area contributed by atoms with Crippen LogP contribution in [0.1, 0.15) is 30.0 Å². The van der Waals surface area contributed by atoms with Gasteiger partial charge in [-0.1, -0.05) is 29.8 Å². The third-order valence-electron chi connectivity index (χ3n) is 3.49. The molecule has 1 aliphatic carbocycles. The van der Waals surface area contributed by atoms with Crippen LogP contribution in [0.3, 0.4) is 0 Å². The molecule has 0 saturated heterocycles. The van der Waals surface area contributed by atoms with Gasteiger partial charge in [-0.3, -0.25) is 4.79 Å². The molecule has 5 N–H and O–H groups in total. The lowest BCUT2D eigenvalue weighted by molar-refractivity contribution is -0.123. The number of rotatable bonds is 5. The van der Waals surface area contributed by atoms with Crippen LogP contribution in [0.5, 0.6) is 0 Å². The van der Waals surface area contributed by atoms with E-state index in [4.69, 9.17) is 11.5 Å². The van der Waals surface area contributed by atoms with Crippen molar-refractivity contribution in [2.45, 2.75) is 31.8 Å². The third kappa shape index (κ3) is 3.09. The first-order valence-corrected chi connectivity index (χ1v) is 6.44. The van der Waals surface area contributed by atoms with Gasteiger partial charge in [0.15, 0.2) is 0 Å². The minimum atomic E-state index is -0.613. The highest BCUT2D eigenvalue weighted by molar-refractivity contribution is 5.83. The van der Waals surface area contributed by atoms with Crippen LogP contribution < -0.4 is 16.8 Å². The highest BCUT2D eigenvalue weighted by Crippen LogP contribution is 2.32. The predicted octanol–water partition coefficient (Wildman–Crippen LogP) is 0.848. The predicted molar refractivity (Wildman–Crippen MR) is 71.8 cm³/mol. The van der Waals surface area contributed by atoms with Crippen molar-refractivity contribution in [3.05, 3.63) is 35.4 Å². The van der Waals surface area contributed by atoms with Crippen LogP contribution >= 0.6 is 0 Å². The Balaban J connectivity index is 1.97. The van der Waals surface area contributed by atoms with E-state index in [0.29, 0.717) is 12.5 Å². The van der Waals surface area contributed by atoms with Gasteiger partial charge in [-0.2, -0.15) is 0 Å². The summed E-state index contributed by atoms with van der Waals surface area (Å²) in [6.45, 7) is 2.49. The maximum Gasteiger partial charge on any atom is 0.241 e. The Bertz CT molecular complexity index is 412. The van der Waals surface area contributed by atoms with Crippen LogP contribution in [0.15, 0.2) is 24.3 Å². The Labute approximate surface area is 108 Å². The lowest BCUT2D eigenvalue weighted by atomic mass is 10.0. The molecule has 2 unspecified atom stereocenters. The zero-order valence-corrected chi connectivity index (χ0v) is 10.7. The van der Waals surface area contributed by atoms with Gasteiger partial charge in [0, 0.05) is 12.6 Å². The van der Waals surface area contributed by atoms with Gasteiger partial charge in [-0.15, -0.1) is 0 Å². The normalized spacial score (nSPS) is 18.2. The molecule has 4 heteroatoms. The van der Waals surface area contributed by atoms with Crippen molar-refractivity contribution in [2.75, 3.05) is 6.54 Å². The fraction of sp³-hybridized carbons (Fsp3) is 0.500. The number of amides is 1. The van der Waals surface area contributed by atoms with Crippen molar-refractivity contribution in [3.63, 3.8) is 0 Å². The van der Waals surface area contributed by atoms with E-state index in [9.17, 15) is 4.79 Å². The molecule has 2 rings (SSSR count). The van der Waals surface area contributed by atoms with E-state index in [1.807, 2.05) is 31.2 Å². The summed E-state index contributed by atoms with van der Waals surface area (Å²) in [7, 11) is 0. The SMILES string of the molecule is Cc1ccc(C(N)C(=O)NC(CN)C2CC2)cc1. The van der Waals surface area contributed by atoms with Crippen LogP contribution in [-0.4, -0.2) is 18.5 Å². The summed E-state index contributed by atoms with van der Waals surface area (Å²) in [6, 6.07) is 7.18. The molecule has 0 radical (unpaired) electrons. The monoisotopic (exact) mass is 247 g/mol. The first kappa shape index (κ1) is 13.1. The van der Waals surface area contributed by atoms with Gasteiger partial charge in [0.2, 0.25) is 5.91 Å². The lowest BCUT2D eigenvalue weighted by Gasteiger charge is -2.19. The Morgan fingerprint density at radius 3 is 2.50 bits per heavy atom. The molecule has 0 spiro atoms. The van der Waals surface area contributed by atoms with Crippen molar-refractivity contribution >= 4 is 5.91 Å². The molecule has 4 nitrogen and oxygen atoms in total. The molecular formula is C14H21N3O. The van der Waals surface area contributed by atoms with Gasteiger partial charge in [0.05, 0.1) is 0 Å². The second-order valence-electron chi connectivity index (χ2n) is 5.08. The van der Waals surface area contributed by atoms with E-state index >= 15 is 0 Å². The van der Waals surface area contributed by atoms with Gasteiger partial charge in [-0.05, 0) is 31.2 Å². The van der Waals surface area contributed by atoms with Gasteiger partial charge in [0.25, 0.3) is 0 Å². The van der Waals surface area contributed by atoms with E-state index in [2.05, 4.69) is 5.32 Å². The fourth-order valence-electron chi connectivity index (χ4n) is 2.07. The molecule has 1 aromatic carbocycles. The number of hydrogen-bond donors (Lipinski definition) is 3. The molecule has 1 amide bonds. The van der Waals surface area contributed by atoms with E-state index in [1.54, 1.807) is 0 Å². The Morgan fingerprint density at radius 2 is 2.00 bits per heavy atom. The summed E-state index contributed by atoms with van der Waals surface area (Å²) in [5, 5.41) is 2.95. The van der Waals surface area contributed by atoms with Crippen molar-refractivity contribution in [2.24, 2.45) is 17.4 Å². The number of aryl methyl sites for hydroxylation is 1. The van der Waals surface area contributed by atoms with Crippen molar-refractivity contribution in [1.82, 2.24) is 5.32 Å². The molecule has 98 valence electrons. The molecule has 2 atom stereocenters. The average Bonchev–Trinajstić information content (AvgIpc) is 3.20. The second-order valence-corrected chi connectivity index (χ2v) is 5.08. The summed E-state index contributed by atoms with van der Waals surface area (Å²) in [6.07, 6.45) is 2.31. The van der Waals surface area contributed by atoms with Gasteiger partial charge >= 0.3 is 0 Å². The molecule has 18 heavy (non-hydrogen) atoms. The van der Waals surface area contributed by atoms with Crippen molar-refractivity contribution < 1.29 is 4.79 Å². The first-order chi connectivity index (χ1) is 8.61. The van der Waals surface area contributed by atoms with Crippen LogP contribution in [0.25, 0.3) is 0 Å². The number of nitrogens with one attached hydrogen (secondary N) is 1. The van der Waals surface area contributed by atoms with E-state index < -0.39 is 6.04 Å². The Hall–Kier alpha value is -1.39. The molecule has 0 aliphatic heterocycles. The Kier molecular flexibility index (Phi) is 3.99. The van der Waals surface area contributed by atoms with Crippen LogP contribution in [0.2, 0.25) is 0 Å².